The van der Waals surface area contributed by atoms with Gasteiger partial charge < -0.3 is 5.73 Å². The lowest BCUT2D eigenvalue weighted by Gasteiger charge is -2.17. The van der Waals surface area contributed by atoms with Gasteiger partial charge in [0, 0.05) is 20.1 Å². The van der Waals surface area contributed by atoms with Gasteiger partial charge in [-0.15, -0.1) is 0 Å². The molecule has 1 unspecified atom stereocenters. The smallest absolute Gasteiger partial charge is 0.323 e. The Morgan fingerprint density at radius 1 is 1.32 bits per heavy atom. The van der Waals surface area contributed by atoms with Gasteiger partial charge in [0.1, 0.15) is 0 Å². The quantitative estimate of drug-likeness (QED) is 0.918. The Kier molecular flexibility index (Phi) is 4.59. The number of alkyl halides is 3. The van der Waals surface area contributed by atoms with Crippen molar-refractivity contribution >= 4 is 10.0 Å². The fraction of sp³-hybridized carbons (Fsp3) is 0.455. The van der Waals surface area contributed by atoms with Gasteiger partial charge in [0.05, 0.1) is 11.3 Å². The summed E-state index contributed by atoms with van der Waals surface area (Å²) in [5, 5.41) is 0. The van der Waals surface area contributed by atoms with Crippen LogP contribution in [0.3, 0.4) is 0 Å². The summed E-state index contributed by atoms with van der Waals surface area (Å²) in [6.45, 7) is 0. The van der Waals surface area contributed by atoms with Crippen LogP contribution in [0.15, 0.2) is 24.3 Å². The Labute approximate surface area is 110 Å². The molecule has 0 saturated carbocycles. The molecule has 4 nitrogen and oxygen atoms in total. The SMILES string of the molecule is CN(C)S(=O)(=O)CC(N)c1cccc(C(F)(F)F)c1. The minimum atomic E-state index is -4.48. The third kappa shape index (κ3) is 4.19. The lowest BCUT2D eigenvalue weighted by atomic mass is 10.1. The minimum absolute atomic E-state index is 0.139. The Morgan fingerprint density at radius 3 is 2.37 bits per heavy atom. The molecule has 0 saturated heterocycles. The van der Waals surface area contributed by atoms with E-state index in [1.807, 2.05) is 0 Å². The molecule has 1 aromatic rings. The standard InChI is InChI=1S/C11H15F3N2O2S/c1-16(2)19(17,18)7-10(15)8-4-3-5-9(6-8)11(12,13)14/h3-6,10H,7,15H2,1-2H3. The monoisotopic (exact) mass is 296 g/mol. The molecule has 0 bridgehead atoms. The van der Waals surface area contributed by atoms with Crippen LogP contribution in [0.5, 0.6) is 0 Å². The third-order valence-electron chi connectivity index (χ3n) is 2.59. The molecule has 0 aromatic heterocycles. The predicted octanol–water partition coefficient (Wildman–Crippen LogP) is 1.60. The van der Waals surface area contributed by atoms with Crippen molar-refractivity contribution in [2.24, 2.45) is 5.73 Å². The molecule has 0 fully saturated rings. The van der Waals surface area contributed by atoms with Gasteiger partial charge in [-0.25, -0.2) is 12.7 Å². The Bertz CT molecular complexity index is 541. The first kappa shape index (κ1) is 15.9. The summed E-state index contributed by atoms with van der Waals surface area (Å²) in [7, 11) is -0.884. The topological polar surface area (TPSA) is 63.4 Å². The lowest BCUT2D eigenvalue weighted by molar-refractivity contribution is -0.137. The molecule has 0 aliphatic carbocycles. The van der Waals surface area contributed by atoms with Crippen LogP contribution in [0, 0.1) is 0 Å². The summed E-state index contributed by atoms with van der Waals surface area (Å²) in [4.78, 5) is 0. The summed E-state index contributed by atoms with van der Waals surface area (Å²) >= 11 is 0. The Balaban J connectivity index is 2.99. The normalized spacial score (nSPS) is 14.7. The van der Waals surface area contributed by atoms with Gasteiger partial charge in [0.2, 0.25) is 10.0 Å². The Morgan fingerprint density at radius 2 is 1.89 bits per heavy atom. The van der Waals surface area contributed by atoms with Crippen LogP contribution in [0.1, 0.15) is 17.2 Å². The number of hydrogen-bond acceptors (Lipinski definition) is 3. The molecular weight excluding hydrogens is 281 g/mol. The maximum atomic E-state index is 12.5. The minimum Gasteiger partial charge on any atom is -0.323 e. The molecule has 19 heavy (non-hydrogen) atoms. The second kappa shape index (κ2) is 5.48. The number of rotatable bonds is 4. The number of halogens is 3. The number of hydrogen-bond donors (Lipinski definition) is 1. The first-order valence-electron chi connectivity index (χ1n) is 5.37. The Hall–Kier alpha value is -1.12. The maximum Gasteiger partial charge on any atom is 0.416 e. The van der Waals surface area contributed by atoms with Crippen LogP contribution in [-0.4, -0.2) is 32.6 Å². The van der Waals surface area contributed by atoms with Crippen molar-refractivity contribution in [2.45, 2.75) is 12.2 Å². The number of benzene rings is 1. The van der Waals surface area contributed by atoms with Crippen LogP contribution in [0.25, 0.3) is 0 Å². The lowest BCUT2D eigenvalue weighted by Crippen LogP contribution is -2.31. The molecule has 1 rings (SSSR count). The van der Waals surface area contributed by atoms with Gasteiger partial charge in [0.15, 0.2) is 0 Å². The van der Waals surface area contributed by atoms with E-state index in [-0.39, 0.29) is 5.56 Å². The van der Waals surface area contributed by atoms with E-state index in [4.69, 9.17) is 5.73 Å². The van der Waals surface area contributed by atoms with Crippen molar-refractivity contribution in [3.8, 4) is 0 Å². The summed E-state index contributed by atoms with van der Waals surface area (Å²) in [5.41, 5.74) is 4.95. The van der Waals surface area contributed by atoms with Crippen molar-refractivity contribution in [2.75, 3.05) is 19.8 Å². The highest BCUT2D eigenvalue weighted by Crippen LogP contribution is 2.30. The highest BCUT2D eigenvalue weighted by molar-refractivity contribution is 7.89. The second-order valence-corrected chi connectivity index (χ2v) is 6.52. The highest BCUT2D eigenvalue weighted by atomic mass is 32.2. The molecular formula is C11H15F3N2O2S. The summed E-state index contributed by atoms with van der Waals surface area (Å²) in [6, 6.07) is 3.37. The van der Waals surface area contributed by atoms with E-state index < -0.39 is 33.6 Å². The summed E-state index contributed by atoms with van der Waals surface area (Å²) in [5.74, 6) is -0.443. The largest absolute Gasteiger partial charge is 0.416 e. The number of sulfonamides is 1. The molecule has 0 heterocycles. The van der Waals surface area contributed by atoms with E-state index in [1.165, 1.54) is 26.2 Å². The molecule has 0 spiro atoms. The van der Waals surface area contributed by atoms with Crippen molar-refractivity contribution in [3.63, 3.8) is 0 Å². The molecule has 1 atom stereocenters. The molecule has 0 radical (unpaired) electrons. The van der Waals surface area contributed by atoms with Crippen LogP contribution in [0.2, 0.25) is 0 Å². The first-order valence-corrected chi connectivity index (χ1v) is 6.98. The van der Waals surface area contributed by atoms with Gasteiger partial charge in [-0.1, -0.05) is 12.1 Å². The zero-order valence-corrected chi connectivity index (χ0v) is 11.3. The van der Waals surface area contributed by atoms with Crippen molar-refractivity contribution in [1.82, 2.24) is 4.31 Å². The molecule has 0 amide bonds. The zero-order chi connectivity index (χ0) is 14.8. The van der Waals surface area contributed by atoms with E-state index in [0.717, 1.165) is 16.4 Å². The van der Waals surface area contributed by atoms with Crippen molar-refractivity contribution in [1.29, 1.82) is 0 Å². The predicted molar refractivity (Wildman–Crippen MR) is 65.8 cm³/mol. The molecule has 108 valence electrons. The first-order chi connectivity index (χ1) is 8.54. The fourth-order valence-corrected chi connectivity index (χ4v) is 2.36. The molecule has 0 aliphatic rings. The van der Waals surface area contributed by atoms with Crippen LogP contribution in [-0.2, 0) is 16.2 Å². The average molecular weight is 296 g/mol. The second-order valence-electron chi connectivity index (χ2n) is 4.29. The van der Waals surface area contributed by atoms with Crippen molar-refractivity contribution < 1.29 is 21.6 Å². The van der Waals surface area contributed by atoms with Gasteiger partial charge in [0.25, 0.3) is 0 Å². The third-order valence-corrected chi connectivity index (χ3v) is 4.48. The molecule has 1 aromatic carbocycles. The molecule has 0 aliphatic heterocycles. The van der Waals surface area contributed by atoms with Crippen LogP contribution in [0.4, 0.5) is 13.2 Å². The molecule has 2 N–H and O–H groups in total. The van der Waals surface area contributed by atoms with Crippen LogP contribution >= 0.6 is 0 Å². The highest BCUT2D eigenvalue weighted by Gasteiger charge is 2.31. The van der Waals surface area contributed by atoms with Gasteiger partial charge in [-0.05, 0) is 17.7 Å². The van der Waals surface area contributed by atoms with E-state index in [1.54, 1.807) is 0 Å². The summed E-state index contributed by atoms with van der Waals surface area (Å²) in [6.07, 6.45) is -4.48. The zero-order valence-electron chi connectivity index (χ0n) is 10.5. The summed E-state index contributed by atoms with van der Waals surface area (Å²) < 4.78 is 61.8. The van der Waals surface area contributed by atoms with E-state index in [0.29, 0.717) is 0 Å². The average Bonchev–Trinajstić information content (AvgIpc) is 2.27. The number of nitrogens with two attached hydrogens (primary N) is 1. The van der Waals surface area contributed by atoms with Crippen molar-refractivity contribution in [3.05, 3.63) is 35.4 Å². The van der Waals surface area contributed by atoms with Crippen LogP contribution < -0.4 is 5.73 Å². The van der Waals surface area contributed by atoms with Gasteiger partial charge in [-0.3, -0.25) is 0 Å². The van der Waals surface area contributed by atoms with E-state index in [2.05, 4.69) is 0 Å². The number of nitrogens with zero attached hydrogens (tertiary/aromatic N) is 1. The van der Waals surface area contributed by atoms with E-state index in [9.17, 15) is 21.6 Å². The van der Waals surface area contributed by atoms with Gasteiger partial charge >= 0.3 is 6.18 Å². The van der Waals surface area contributed by atoms with Gasteiger partial charge in [-0.2, -0.15) is 13.2 Å². The maximum absolute atomic E-state index is 12.5. The molecule has 8 heteroatoms. The van der Waals surface area contributed by atoms with E-state index >= 15 is 0 Å². The fourth-order valence-electron chi connectivity index (χ4n) is 1.42.